The number of aliphatic carboxylic acids is 1. The van der Waals surface area contributed by atoms with Crippen LogP contribution in [0.4, 0.5) is 4.79 Å². The van der Waals surface area contributed by atoms with Crippen LogP contribution >= 0.6 is 23.2 Å². The highest BCUT2D eigenvalue weighted by Gasteiger charge is 2.27. The third kappa shape index (κ3) is 4.78. The summed E-state index contributed by atoms with van der Waals surface area (Å²) in [4.78, 5) is 24.6. The van der Waals surface area contributed by atoms with Crippen molar-refractivity contribution in [2.75, 3.05) is 19.6 Å². The molecule has 5 nitrogen and oxygen atoms in total. The highest BCUT2D eigenvalue weighted by molar-refractivity contribution is 6.34. The number of urea groups is 1. The zero-order valence-electron chi connectivity index (χ0n) is 12.0. The van der Waals surface area contributed by atoms with E-state index in [1.165, 1.54) is 0 Å². The van der Waals surface area contributed by atoms with Gasteiger partial charge in [-0.15, -0.1) is 0 Å². The van der Waals surface area contributed by atoms with E-state index in [0.717, 1.165) is 5.56 Å². The van der Waals surface area contributed by atoms with Gasteiger partial charge in [0.15, 0.2) is 0 Å². The van der Waals surface area contributed by atoms with E-state index < -0.39 is 11.9 Å². The van der Waals surface area contributed by atoms with Crippen LogP contribution in [-0.4, -0.2) is 41.6 Å². The molecule has 1 aliphatic rings. The zero-order valence-corrected chi connectivity index (χ0v) is 13.5. The Morgan fingerprint density at radius 3 is 2.59 bits per heavy atom. The van der Waals surface area contributed by atoms with Crippen LogP contribution in [0, 0.1) is 5.92 Å². The Balaban J connectivity index is 1.81. The third-order valence-electron chi connectivity index (χ3n) is 3.67. The Hall–Kier alpha value is -1.46. The Bertz CT molecular complexity index is 545. The van der Waals surface area contributed by atoms with Crippen LogP contribution in [0.15, 0.2) is 18.2 Å². The molecule has 2 N–H and O–H groups in total. The molecule has 7 heteroatoms. The standard InChI is InChI=1S/C15H18Cl2N2O3/c16-12-6-10(7-13(17)8-12)3-4-18-15(22)19-5-1-2-11(9-19)14(20)21/h6-8,11H,1-5,9H2,(H,18,22)(H,20,21). The molecule has 1 aliphatic heterocycles. The summed E-state index contributed by atoms with van der Waals surface area (Å²) in [6.07, 6.45) is 1.95. The quantitative estimate of drug-likeness (QED) is 0.881. The number of hydrogen-bond donors (Lipinski definition) is 2. The van der Waals surface area contributed by atoms with Gasteiger partial charge in [-0.05, 0) is 43.0 Å². The van der Waals surface area contributed by atoms with E-state index in [1.807, 2.05) is 0 Å². The van der Waals surface area contributed by atoms with E-state index >= 15 is 0 Å². The molecule has 2 rings (SSSR count). The number of nitrogens with one attached hydrogen (secondary N) is 1. The van der Waals surface area contributed by atoms with Crippen molar-refractivity contribution in [1.29, 1.82) is 0 Å². The molecule has 1 aromatic carbocycles. The summed E-state index contributed by atoms with van der Waals surface area (Å²) in [5.41, 5.74) is 0.944. The van der Waals surface area contributed by atoms with Gasteiger partial charge in [0.05, 0.1) is 5.92 Å². The number of carbonyl (C=O) groups is 2. The molecule has 2 amide bonds. The van der Waals surface area contributed by atoms with Gasteiger partial charge in [-0.25, -0.2) is 4.79 Å². The third-order valence-corrected chi connectivity index (χ3v) is 4.11. The first-order valence-corrected chi connectivity index (χ1v) is 7.92. The SMILES string of the molecule is O=C(O)C1CCCN(C(=O)NCCc2cc(Cl)cc(Cl)c2)C1. The molecule has 0 radical (unpaired) electrons. The number of carbonyl (C=O) groups excluding carboxylic acids is 1. The minimum absolute atomic E-state index is 0.223. The van der Waals surface area contributed by atoms with E-state index in [-0.39, 0.29) is 12.6 Å². The lowest BCUT2D eigenvalue weighted by molar-refractivity contribution is -0.143. The number of nitrogens with zero attached hydrogens (tertiary/aromatic N) is 1. The minimum Gasteiger partial charge on any atom is -0.481 e. The maximum atomic E-state index is 12.1. The summed E-state index contributed by atoms with van der Waals surface area (Å²) >= 11 is 11.8. The number of benzene rings is 1. The van der Waals surface area contributed by atoms with E-state index in [9.17, 15) is 9.59 Å². The molecular formula is C15H18Cl2N2O3. The van der Waals surface area contributed by atoms with E-state index in [0.29, 0.717) is 42.4 Å². The first kappa shape index (κ1) is 16.9. The van der Waals surface area contributed by atoms with Crippen LogP contribution in [0.25, 0.3) is 0 Å². The molecule has 1 unspecified atom stereocenters. The molecule has 1 aromatic rings. The normalized spacial score (nSPS) is 18.1. The average molecular weight is 345 g/mol. The van der Waals surface area contributed by atoms with Crippen LogP contribution in [0.5, 0.6) is 0 Å². The van der Waals surface area contributed by atoms with E-state index in [4.69, 9.17) is 28.3 Å². The fourth-order valence-corrected chi connectivity index (χ4v) is 3.12. The number of amides is 2. The predicted molar refractivity (Wildman–Crippen MR) is 85.5 cm³/mol. The monoisotopic (exact) mass is 344 g/mol. The second-order valence-electron chi connectivity index (χ2n) is 5.38. The van der Waals surface area contributed by atoms with Crippen molar-refractivity contribution in [3.05, 3.63) is 33.8 Å². The Labute approximate surface area is 139 Å². The molecule has 1 heterocycles. The molecule has 0 aliphatic carbocycles. The van der Waals surface area contributed by atoms with Gasteiger partial charge in [-0.2, -0.15) is 0 Å². The number of rotatable bonds is 4. The van der Waals surface area contributed by atoms with Gasteiger partial charge in [0, 0.05) is 29.7 Å². The van der Waals surface area contributed by atoms with Gasteiger partial charge >= 0.3 is 12.0 Å². The summed E-state index contributed by atoms with van der Waals surface area (Å²) < 4.78 is 0. The fraction of sp³-hybridized carbons (Fsp3) is 0.467. The molecule has 22 heavy (non-hydrogen) atoms. The minimum atomic E-state index is -0.842. The van der Waals surface area contributed by atoms with Gasteiger partial charge in [-0.1, -0.05) is 23.2 Å². The molecule has 120 valence electrons. The van der Waals surface area contributed by atoms with E-state index in [1.54, 1.807) is 23.1 Å². The van der Waals surface area contributed by atoms with Crippen molar-refractivity contribution in [2.24, 2.45) is 5.92 Å². The van der Waals surface area contributed by atoms with Gasteiger partial charge in [0.2, 0.25) is 0 Å². The van der Waals surface area contributed by atoms with Gasteiger partial charge in [0.25, 0.3) is 0 Å². The topological polar surface area (TPSA) is 69.6 Å². The zero-order chi connectivity index (χ0) is 16.1. The Kier molecular flexibility index (Phi) is 5.91. The molecule has 0 saturated carbocycles. The van der Waals surface area contributed by atoms with Gasteiger partial charge in [0.1, 0.15) is 0 Å². The van der Waals surface area contributed by atoms with Crippen LogP contribution in [0.3, 0.4) is 0 Å². The summed E-state index contributed by atoms with van der Waals surface area (Å²) in [5.74, 6) is -1.31. The molecular weight excluding hydrogens is 327 g/mol. The van der Waals surface area contributed by atoms with Crippen molar-refractivity contribution >= 4 is 35.2 Å². The van der Waals surface area contributed by atoms with Crippen LogP contribution in [0.1, 0.15) is 18.4 Å². The number of halogens is 2. The van der Waals surface area contributed by atoms with Crippen molar-refractivity contribution in [1.82, 2.24) is 10.2 Å². The molecule has 1 saturated heterocycles. The lowest BCUT2D eigenvalue weighted by Gasteiger charge is -2.30. The highest BCUT2D eigenvalue weighted by Crippen LogP contribution is 2.19. The van der Waals surface area contributed by atoms with Crippen molar-refractivity contribution in [2.45, 2.75) is 19.3 Å². The van der Waals surface area contributed by atoms with E-state index in [2.05, 4.69) is 5.32 Å². The Morgan fingerprint density at radius 2 is 1.95 bits per heavy atom. The smallest absolute Gasteiger partial charge is 0.317 e. The van der Waals surface area contributed by atoms with Crippen LogP contribution < -0.4 is 5.32 Å². The summed E-state index contributed by atoms with van der Waals surface area (Å²) in [5, 5.41) is 13.0. The fourth-order valence-electron chi connectivity index (χ4n) is 2.54. The number of likely N-dealkylation sites (tertiary alicyclic amines) is 1. The lowest BCUT2D eigenvalue weighted by Crippen LogP contribution is -2.47. The number of carboxylic acid groups (broad SMARTS) is 1. The van der Waals surface area contributed by atoms with Crippen molar-refractivity contribution < 1.29 is 14.7 Å². The number of carboxylic acids is 1. The first-order valence-electron chi connectivity index (χ1n) is 7.16. The Morgan fingerprint density at radius 1 is 1.27 bits per heavy atom. The molecule has 0 spiro atoms. The second kappa shape index (κ2) is 7.70. The highest BCUT2D eigenvalue weighted by atomic mass is 35.5. The summed E-state index contributed by atoms with van der Waals surface area (Å²) in [6, 6.07) is 5.05. The van der Waals surface area contributed by atoms with Crippen molar-refractivity contribution in [3.8, 4) is 0 Å². The molecule has 1 fully saturated rings. The largest absolute Gasteiger partial charge is 0.481 e. The van der Waals surface area contributed by atoms with Gasteiger partial charge < -0.3 is 15.3 Å². The lowest BCUT2D eigenvalue weighted by atomic mass is 9.99. The number of hydrogen-bond acceptors (Lipinski definition) is 2. The predicted octanol–water partition coefficient (Wildman–Crippen LogP) is 3.04. The number of piperidine rings is 1. The maximum Gasteiger partial charge on any atom is 0.317 e. The summed E-state index contributed by atoms with van der Waals surface area (Å²) in [7, 11) is 0. The van der Waals surface area contributed by atoms with Crippen LogP contribution in [0.2, 0.25) is 10.0 Å². The second-order valence-corrected chi connectivity index (χ2v) is 6.26. The van der Waals surface area contributed by atoms with Crippen LogP contribution in [-0.2, 0) is 11.2 Å². The molecule has 0 aromatic heterocycles. The first-order chi connectivity index (χ1) is 10.5. The summed E-state index contributed by atoms with van der Waals surface area (Å²) in [6.45, 7) is 1.31. The maximum absolute atomic E-state index is 12.1. The molecule has 0 bridgehead atoms. The van der Waals surface area contributed by atoms with Gasteiger partial charge in [-0.3, -0.25) is 4.79 Å². The molecule has 1 atom stereocenters. The average Bonchev–Trinajstić information content (AvgIpc) is 2.46. The van der Waals surface area contributed by atoms with Crippen molar-refractivity contribution in [3.63, 3.8) is 0 Å².